The first kappa shape index (κ1) is 10.4. The zero-order valence-electron chi connectivity index (χ0n) is 8.31. The highest BCUT2D eigenvalue weighted by Crippen LogP contribution is 2.27. The Morgan fingerprint density at radius 2 is 2.25 bits per heavy atom. The summed E-state index contributed by atoms with van der Waals surface area (Å²) in [6, 6.07) is 0.811. The van der Waals surface area contributed by atoms with E-state index in [0.717, 1.165) is 12.0 Å². The van der Waals surface area contributed by atoms with E-state index in [9.17, 15) is 0 Å². The second-order valence-corrected chi connectivity index (χ2v) is 4.79. The van der Waals surface area contributed by atoms with E-state index < -0.39 is 0 Å². The Kier molecular flexibility index (Phi) is 5.08. The Bertz CT molecular complexity index is 116. The molecule has 1 N–H and O–H groups in total. The van der Waals surface area contributed by atoms with Crippen molar-refractivity contribution in [1.82, 2.24) is 5.32 Å². The van der Waals surface area contributed by atoms with Crippen molar-refractivity contribution in [2.45, 2.75) is 38.1 Å². The van der Waals surface area contributed by atoms with Gasteiger partial charge in [-0.25, -0.2) is 0 Å². The molecule has 0 spiro atoms. The Morgan fingerprint density at radius 1 is 1.42 bits per heavy atom. The summed E-state index contributed by atoms with van der Waals surface area (Å²) < 4.78 is 0. The maximum Gasteiger partial charge on any atom is 0.00667 e. The van der Waals surface area contributed by atoms with Gasteiger partial charge < -0.3 is 5.32 Å². The van der Waals surface area contributed by atoms with Gasteiger partial charge in [0.1, 0.15) is 0 Å². The molecule has 2 atom stereocenters. The van der Waals surface area contributed by atoms with E-state index in [4.69, 9.17) is 0 Å². The molecule has 1 fully saturated rings. The molecule has 0 aromatic carbocycles. The third kappa shape index (κ3) is 3.36. The van der Waals surface area contributed by atoms with Gasteiger partial charge in [0.2, 0.25) is 0 Å². The summed E-state index contributed by atoms with van der Waals surface area (Å²) in [7, 11) is 2.10. The first-order chi connectivity index (χ1) is 5.86. The highest BCUT2D eigenvalue weighted by atomic mass is 32.2. The van der Waals surface area contributed by atoms with Crippen LogP contribution in [0.15, 0.2) is 0 Å². The Balaban J connectivity index is 2.16. The molecule has 0 heterocycles. The maximum atomic E-state index is 3.40. The zero-order valence-corrected chi connectivity index (χ0v) is 9.12. The van der Waals surface area contributed by atoms with Crippen LogP contribution in [0.5, 0.6) is 0 Å². The van der Waals surface area contributed by atoms with Crippen LogP contribution in [0.3, 0.4) is 0 Å². The van der Waals surface area contributed by atoms with Crippen LogP contribution in [-0.2, 0) is 0 Å². The predicted octanol–water partition coefficient (Wildman–Crippen LogP) is 2.52. The van der Waals surface area contributed by atoms with Crippen molar-refractivity contribution in [2.24, 2.45) is 5.92 Å². The van der Waals surface area contributed by atoms with Gasteiger partial charge in [-0.2, -0.15) is 11.8 Å². The van der Waals surface area contributed by atoms with Crippen LogP contribution in [0.2, 0.25) is 0 Å². The van der Waals surface area contributed by atoms with Crippen molar-refractivity contribution in [1.29, 1.82) is 0 Å². The normalized spacial score (nSPS) is 30.5. The summed E-state index contributed by atoms with van der Waals surface area (Å²) in [5, 5.41) is 3.40. The second-order valence-electron chi connectivity index (χ2n) is 3.80. The predicted molar refractivity (Wildman–Crippen MR) is 57.8 cm³/mol. The smallest absolute Gasteiger partial charge is 0.00667 e. The first-order valence-corrected chi connectivity index (χ1v) is 6.42. The van der Waals surface area contributed by atoms with Gasteiger partial charge in [-0.15, -0.1) is 0 Å². The number of hydrogen-bond acceptors (Lipinski definition) is 2. The summed E-state index contributed by atoms with van der Waals surface area (Å²) in [6.45, 7) is 0. The van der Waals surface area contributed by atoms with Crippen LogP contribution in [-0.4, -0.2) is 25.1 Å². The highest BCUT2D eigenvalue weighted by Gasteiger charge is 2.19. The molecule has 0 aromatic heterocycles. The van der Waals surface area contributed by atoms with E-state index in [0.29, 0.717) is 0 Å². The fourth-order valence-corrected chi connectivity index (χ4v) is 2.67. The fraction of sp³-hybridized carbons (Fsp3) is 1.00. The lowest BCUT2D eigenvalue weighted by molar-refractivity contribution is 0.291. The van der Waals surface area contributed by atoms with Crippen molar-refractivity contribution in [3.05, 3.63) is 0 Å². The molecular formula is C10H21NS. The summed E-state index contributed by atoms with van der Waals surface area (Å²) in [5.74, 6) is 2.35. The second kappa shape index (κ2) is 5.87. The largest absolute Gasteiger partial charge is 0.317 e. The molecule has 0 aliphatic heterocycles. The van der Waals surface area contributed by atoms with Crippen LogP contribution in [0, 0.1) is 5.92 Å². The molecule has 0 radical (unpaired) electrons. The lowest BCUT2D eigenvalue weighted by Crippen LogP contribution is -2.31. The van der Waals surface area contributed by atoms with Gasteiger partial charge in [0.15, 0.2) is 0 Å². The minimum absolute atomic E-state index is 0.811. The van der Waals surface area contributed by atoms with E-state index in [1.165, 1.54) is 37.9 Å². The molecule has 0 bridgehead atoms. The molecule has 1 aliphatic carbocycles. The van der Waals surface area contributed by atoms with E-state index in [1.807, 2.05) is 11.8 Å². The molecule has 1 saturated carbocycles. The topological polar surface area (TPSA) is 12.0 Å². The van der Waals surface area contributed by atoms with Gasteiger partial charge in [0.05, 0.1) is 0 Å². The standard InChI is InChI=1S/C10H21NS/c1-11-10-5-3-4-9(8-10)6-7-12-2/h9-11H,3-8H2,1-2H3. The van der Waals surface area contributed by atoms with Crippen LogP contribution in [0.25, 0.3) is 0 Å². The average Bonchev–Trinajstić information content (AvgIpc) is 2.15. The lowest BCUT2D eigenvalue weighted by atomic mass is 9.84. The molecule has 1 aliphatic rings. The number of hydrogen-bond donors (Lipinski definition) is 1. The van der Waals surface area contributed by atoms with Crippen molar-refractivity contribution in [3.63, 3.8) is 0 Å². The summed E-state index contributed by atoms with van der Waals surface area (Å²) >= 11 is 1.98. The molecule has 0 saturated heterocycles. The highest BCUT2D eigenvalue weighted by molar-refractivity contribution is 7.98. The minimum atomic E-state index is 0.811. The van der Waals surface area contributed by atoms with E-state index in [2.05, 4.69) is 18.6 Å². The van der Waals surface area contributed by atoms with E-state index in [1.54, 1.807) is 0 Å². The molecule has 0 amide bonds. The fourth-order valence-electron chi connectivity index (χ4n) is 2.10. The monoisotopic (exact) mass is 187 g/mol. The van der Waals surface area contributed by atoms with Gasteiger partial charge in [-0.3, -0.25) is 0 Å². The Morgan fingerprint density at radius 3 is 2.92 bits per heavy atom. The van der Waals surface area contributed by atoms with Gasteiger partial charge in [-0.05, 0) is 44.2 Å². The number of thioether (sulfide) groups is 1. The average molecular weight is 187 g/mol. The van der Waals surface area contributed by atoms with Crippen molar-refractivity contribution < 1.29 is 0 Å². The molecule has 1 rings (SSSR count). The SMILES string of the molecule is CNC1CCCC(CCSC)C1. The summed E-state index contributed by atoms with van der Waals surface area (Å²) in [6.07, 6.45) is 9.35. The summed E-state index contributed by atoms with van der Waals surface area (Å²) in [5.41, 5.74) is 0. The quantitative estimate of drug-likeness (QED) is 0.726. The van der Waals surface area contributed by atoms with Crippen molar-refractivity contribution in [2.75, 3.05) is 19.1 Å². The van der Waals surface area contributed by atoms with Crippen molar-refractivity contribution >= 4 is 11.8 Å². The molecule has 2 heteroatoms. The lowest BCUT2D eigenvalue weighted by Gasteiger charge is -2.28. The van der Waals surface area contributed by atoms with Crippen LogP contribution < -0.4 is 5.32 Å². The van der Waals surface area contributed by atoms with E-state index in [-0.39, 0.29) is 0 Å². The molecule has 0 aromatic rings. The summed E-state index contributed by atoms with van der Waals surface area (Å²) in [4.78, 5) is 0. The van der Waals surface area contributed by atoms with Gasteiger partial charge in [-0.1, -0.05) is 12.8 Å². The minimum Gasteiger partial charge on any atom is -0.317 e. The van der Waals surface area contributed by atoms with Crippen LogP contribution in [0.1, 0.15) is 32.1 Å². The van der Waals surface area contributed by atoms with Gasteiger partial charge >= 0.3 is 0 Å². The number of nitrogens with one attached hydrogen (secondary N) is 1. The Labute approximate surface area is 80.7 Å². The number of rotatable bonds is 4. The third-order valence-electron chi connectivity index (χ3n) is 2.92. The molecular weight excluding hydrogens is 166 g/mol. The first-order valence-electron chi connectivity index (χ1n) is 5.03. The maximum absolute atomic E-state index is 3.40. The molecule has 1 nitrogen and oxygen atoms in total. The molecule has 12 heavy (non-hydrogen) atoms. The van der Waals surface area contributed by atoms with Gasteiger partial charge in [0, 0.05) is 6.04 Å². The van der Waals surface area contributed by atoms with Crippen LogP contribution in [0.4, 0.5) is 0 Å². The van der Waals surface area contributed by atoms with E-state index >= 15 is 0 Å². The van der Waals surface area contributed by atoms with Crippen LogP contribution >= 0.6 is 11.8 Å². The molecule has 72 valence electrons. The molecule has 2 unspecified atom stereocenters. The Hall–Kier alpha value is 0.310. The van der Waals surface area contributed by atoms with Crippen molar-refractivity contribution in [3.8, 4) is 0 Å². The third-order valence-corrected chi connectivity index (χ3v) is 3.57. The zero-order chi connectivity index (χ0) is 8.81. The van der Waals surface area contributed by atoms with Gasteiger partial charge in [0.25, 0.3) is 0 Å².